The molecule has 3 aromatic rings. The highest BCUT2D eigenvalue weighted by molar-refractivity contribution is 6.02. The molecule has 1 aliphatic heterocycles. The maximum atomic E-state index is 13.0. The van der Waals surface area contributed by atoms with Gasteiger partial charge < -0.3 is 15.7 Å². The Kier molecular flexibility index (Phi) is 6.90. The van der Waals surface area contributed by atoms with E-state index >= 15 is 0 Å². The Bertz CT molecular complexity index is 1310. The van der Waals surface area contributed by atoms with Gasteiger partial charge in [0.05, 0.1) is 23.6 Å². The highest BCUT2D eigenvalue weighted by Crippen LogP contribution is 2.34. The number of nitrogens with zero attached hydrogens (tertiary/aromatic N) is 5. The third kappa shape index (κ3) is 4.92. The zero-order chi connectivity index (χ0) is 26.0. The predicted octanol–water partition coefficient (Wildman–Crippen LogP) is 2.39. The van der Waals surface area contributed by atoms with E-state index in [9.17, 15) is 19.5 Å². The van der Waals surface area contributed by atoms with Crippen molar-refractivity contribution in [1.29, 1.82) is 0 Å². The van der Waals surface area contributed by atoms with Crippen molar-refractivity contribution in [2.45, 2.75) is 70.8 Å². The van der Waals surface area contributed by atoms with Crippen molar-refractivity contribution in [1.82, 2.24) is 35.5 Å². The number of piperidine rings is 1. The SMILES string of the molecule is Cc1nonc1C(=O)NC(c1cn2nc(CC3(C(=O)O)CCCNC3=O)ccc2n1)C1CCCCCC1. The first-order chi connectivity index (χ1) is 17.9. The number of carboxylic acid groups (broad SMARTS) is 1. The zero-order valence-electron chi connectivity index (χ0n) is 20.8. The molecule has 1 aliphatic carbocycles. The molecule has 0 bridgehead atoms. The van der Waals surface area contributed by atoms with Crippen molar-refractivity contribution in [3.63, 3.8) is 0 Å². The fourth-order valence-electron chi connectivity index (χ4n) is 5.54. The number of carbonyl (C=O) groups is 3. The van der Waals surface area contributed by atoms with Gasteiger partial charge in [0, 0.05) is 13.0 Å². The van der Waals surface area contributed by atoms with Crippen LogP contribution in [0, 0.1) is 18.3 Å². The Morgan fingerprint density at radius 2 is 2.00 bits per heavy atom. The van der Waals surface area contributed by atoms with Gasteiger partial charge in [0.15, 0.2) is 16.8 Å². The lowest BCUT2D eigenvalue weighted by Gasteiger charge is -2.31. The summed E-state index contributed by atoms with van der Waals surface area (Å²) in [6.45, 7) is 2.14. The summed E-state index contributed by atoms with van der Waals surface area (Å²) in [5.41, 5.74) is 0.744. The van der Waals surface area contributed by atoms with Crippen molar-refractivity contribution >= 4 is 23.4 Å². The maximum Gasteiger partial charge on any atom is 0.319 e. The van der Waals surface area contributed by atoms with Crippen LogP contribution in [0.2, 0.25) is 0 Å². The molecule has 2 unspecified atom stereocenters. The lowest BCUT2D eigenvalue weighted by Crippen LogP contribution is -2.52. The van der Waals surface area contributed by atoms with E-state index in [4.69, 9.17) is 9.61 Å². The summed E-state index contributed by atoms with van der Waals surface area (Å²) in [5.74, 6) is -1.80. The summed E-state index contributed by atoms with van der Waals surface area (Å²) >= 11 is 0. The normalized spacial score (nSPS) is 21.8. The van der Waals surface area contributed by atoms with E-state index in [0.29, 0.717) is 35.7 Å². The Balaban J connectivity index is 1.45. The van der Waals surface area contributed by atoms with Crippen LogP contribution in [0.5, 0.6) is 0 Å². The molecule has 4 heterocycles. The lowest BCUT2D eigenvalue weighted by atomic mass is 9.76. The smallest absolute Gasteiger partial charge is 0.319 e. The van der Waals surface area contributed by atoms with E-state index in [1.54, 1.807) is 29.8 Å². The number of aromatic nitrogens is 5. The van der Waals surface area contributed by atoms with Crippen LogP contribution in [0.3, 0.4) is 0 Å². The molecule has 12 heteroatoms. The lowest BCUT2D eigenvalue weighted by molar-refractivity contribution is -0.158. The van der Waals surface area contributed by atoms with Crippen LogP contribution < -0.4 is 10.6 Å². The van der Waals surface area contributed by atoms with Crippen LogP contribution >= 0.6 is 0 Å². The topological polar surface area (TPSA) is 165 Å². The molecule has 2 aliphatic rings. The highest BCUT2D eigenvalue weighted by atomic mass is 16.6. The van der Waals surface area contributed by atoms with E-state index in [1.165, 1.54) is 12.8 Å². The Hall–Kier alpha value is -3.83. The zero-order valence-corrected chi connectivity index (χ0v) is 20.8. The number of aliphatic carboxylic acids is 1. The third-order valence-electron chi connectivity index (χ3n) is 7.63. The standard InChI is InChI=1S/C25H31N7O5/c1-15-20(31-37-30-15)22(33)28-21(16-7-4-2-3-5-8-16)18-14-32-19(27-18)10-9-17(29-32)13-25(24(35)36)11-6-12-26-23(25)34/h9-10,14,16,21H,2-8,11-13H2,1H3,(H,26,34)(H,28,33)(H,35,36). The molecule has 12 nitrogen and oxygen atoms in total. The van der Waals surface area contributed by atoms with E-state index < -0.39 is 17.3 Å². The Labute approximate surface area is 213 Å². The maximum absolute atomic E-state index is 13.0. The minimum absolute atomic E-state index is 0.0150. The van der Waals surface area contributed by atoms with Gasteiger partial charge in [-0.3, -0.25) is 14.4 Å². The van der Waals surface area contributed by atoms with Gasteiger partial charge in [0.25, 0.3) is 5.91 Å². The minimum Gasteiger partial charge on any atom is -0.480 e. The second-order valence-electron chi connectivity index (χ2n) is 10.1. The number of fused-ring (bicyclic) bond motifs is 1. The van der Waals surface area contributed by atoms with Gasteiger partial charge in [-0.05, 0) is 55.8 Å². The average Bonchev–Trinajstić information content (AvgIpc) is 3.40. The summed E-state index contributed by atoms with van der Waals surface area (Å²) < 4.78 is 6.31. The first kappa shape index (κ1) is 24.8. The Morgan fingerprint density at radius 3 is 2.68 bits per heavy atom. The number of hydrogen-bond acceptors (Lipinski definition) is 8. The molecule has 2 fully saturated rings. The molecule has 3 aromatic heterocycles. The van der Waals surface area contributed by atoms with Crippen molar-refractivity contribution in [2.75, 3.05) is 6.54 Å². The number of amides is 2. The van der Waals surface area contributed by atoms with E-state index in [2.05, 4.69) is 26.0 Å². The van der Waals surface area contributed by atoms with Gasteiger partial charge in [-0.15, -0.1) is 0 Å². The second kappa shape index (κ2) is 10.3. The van der Waals surface area contributed by atoms with Gasteiger partial charge in [-0.25, -0.2) is 14.1 Å². The molecule has 0 spiro atoms. The predicted molar refractivity (Wildman–Crippen MR) is 129 cm³/mol. The van der Waals surface area contributed by atoms with Crippen LogP contribution in [-0.2, 0) is 16.0 Å². The second-order valence-corrected chi connectivity index (χ2v) is 10.1. The Morgan fingerprint density at radius 1 is 1.22 bits per heavy atom. The van der Waals surface area contributed by atoms with E-state index in [-0.39, 0.29) is 36.4 Å². The highest BCUT2D eigenvalue weighted by Gasteiger charge is 2.48. The fourth-order valence-corrected chi connectivity index (χ4v) is 5.54. The molecule has 1 saturated heterocycles. The van der Waals surface area contributed by atoms with Crippen LogP contribution in [-0.4, -0.2) is 54.3 Å². The molecule has 37 heavy (non-hydrogen) atoms. The molecule has 5 rings (SSSR count). The molecule has 3 N–H and O–H groups in total. The van der Waals surface area contributed by atoms with Crippen molar-refractivity contribution < 1.29 is 24.1 Å². The fraction of sp³-hybridized carbons (Fsp3) is 0.560. The number of hydrogen-bond donors (Lipinski definition) is 3. The molecule has 2 amide bonds. The molecular formula is C25H31N7O5. The quantitative estimate of drug-likeness (QED) is 0.320. The number of carbonyl (C=O) groups excluding carboxylic acids is 2. The number of aryl methyl sites for hydroxylation is 1. The monoisotopic (exact) mass is 509 g/mol. The average molecular weight is 510 g/mol. The largest absolute Gasteiger partial charge is 0.480 e. The summed E-state index contributed by atoms with van der Waals surface area (Å²) in [4.78, 5) is 42.5. The van der Waals surface area contributed by atoms with Crippen LogP contribution in [0.15, 0.2) is 23.0 Å². The molecule has 2 atom stereocenters. The van der Waals surface area contributed by atoms with Gasteiger partial charge in [-0.2, -0.15) is 5.10 Å². The van der Waals surface area contributed by atoms with Crippen LogP contribution in [0.4, 0.5) is 0 Å². The number of nitrogens with one attached hydrogen (secondary N) is 2. The molecule has 0 aromatic carbocycles. The van der Waals surface area contributed by atoms with E-state index in [1.807, 2.05) is 0 Å². The van der Waals surface area contributed by atoms with Crippen LogP contribution in [0.25, 0.3) is 5.65 Å². The number of imidazole rings is 1. The number of rotatable bonds is 7. The molecule has 196 valence electrons. The summed E-state index contributed by atoms with van der Waals surface area (Å²) in [6, 6.07) is 3.11. The number of carboxylic acids is 1. The summed E-state index contributed by atoms with van der Waals surface area (Å²) in [6.07, 6.45) is 9.03. The first-order valence-electron chi connectivity index (χ1n) is 12.8. The first-order valence-corrected chi connectivity index (χ1v) is 12.8. The van der Waals surface area contributed by atoms with Gasteiger partial charge in [0.1, 0.15) is 5.69 Å². The van der Waals surface area contributed by atoms with Crippen molar-refractivity contribution in [2.24, 2.45) is 11.3 Å². The molecule has 1 saturated carbocycles. The van der Waals surface area contributed by atoms with Crippen LogP contribution in [0.1, 0.15) is 85.0 Å². The van der Waals surface area contributed by atoms with Crippen molar-refractivity contribution in [3.05, 3.63) is 41.1 Å². The minimum atomic E-state index is -1.54. The van der Waals surface area contributed by atoms with Gasteiger partial charge in [-0.1, -0.05) is 30.8 Å². The van der Waals surface area contributed by atoms with Gasteiger partial charge in [0.2, 0.25) is 5.91 Å². The third-order valence-corrected chi connectivity index (χ3v) is 7.63. The van der Waals surface area contributed by atoms with Crippen molar-refractivity contribution in [3.8, 4) is 0 Å². The molecular weight excluding hydrogens is 478 g/mol. The summed E-state index contributed by atoms with van der Waals surface area (Å²) in [5, 5.41) is 27.7. The summed E-state index contributed by atoms with van der Waals surface area (Å²) in [7, 11) is 0. The van der Waals surface area contributed by atoms with Gasteiger partial charge >= 0.3 is 5.97 Å². The van der Waals surface area contributed by atoms with E-state index in [0.717, 1.165) is 25.7 Å². The molecule has 0 radical (unpaired) electrons.